The molecule has 1 saturated heterocycles. The number of nitrogens with zero attached hydrogens (tertiary/aromatic N) is 1. The van der Waals surface area contributed by atoms with Gasteiger partial charge in [-0.3, -0.25) is 4.90 Å². The van der Waals surface area contributed by atoms with Crippen molar-refractivity contribution >= 4 is 18.2 Å². The fourth-order valence-electron chi connectivity index (χ4n) is 2.19. The van der Waals surface area contributed by atoms with Crippen molar-refractivity contribution in [2.75, 3.05) is 39.5 Å². The number of halogens is 1. The summed E-state index contributed by atoms with van der Waals surface area (Å²) in [5.41, 5.74) is 1.18. The van der Waals surface area contributed by atoms with Gasteiger partial charge in [-0.15, -0.1) is 12.4 Å². The first-order chi connectivity index (χ1) is 9.74. The summed E-state index contributed by atoms with van der Waals surface area (Å²) in [5, 5.41) is 0. The van der Waals surface area contributed by atoms with Crippen molar-refractivity contribution in [1.82, 2.24) is 4.90 Å². The summed E-state index contributed by atoms with van der Waals surface area (Å²) < 4.78 is 11.1. The van der Waals surface area contributed by atoms with Crippen molar-refractivity contribution in [3.05, 3.63) is 29.8 Å². The zero-order valence-corrected chi connectivity index (χ0v) is 13.4. The van der Waals surface area contributed by atoms with Gasteiger partial charge in [-0.25, -0.2) is 0 Å². The van der Waals surface area contributed by atoms with Gasteiger partial charge in [-0.1, -0.05) is 12.1 Å². The van der Waals surface area contributed by atoms with Crippen LogP contribution in [-0.4, -0.2) is 50.1 Å². The Bertz CT molecular complexity index is 416. The number of morpholine rings is 1. The van der Waals surface area contributed by atoms with Crippen LogP contribution in [0.4, 0.5) is 0 Å². The average Bonchev–Trinajstić information content (AvgIpc) is 2.47. The van der Waals surface area contributed by atoms with Crippen molar-refractivity contribution < 1.29 is 14.3 Å². The predicted octanol–water partition coefficient (Wildman–Crippen LogP) is 2.34. The van der Waals surface area contributed by atoms with Crippen molar-refractivity contribution in [2.45, 2.75) is 19.8 Å². The lowest BCUT2D eigenvalue weighted by molar-refractivity contribution is -0.116. The Morgan fingerprint density at radius 1 is 1.24 bits per heavy atom. The molecule has 1 aliphatic rings. The number of benzene rings is 1. The van der Waals surface area contributed by atoms with Gasteiger partial charge in [-0.05, 0) is 31.0 Å². The highest BCUT2D eigenvalue weighted by Gasteiger charge is 2.09. The first-order valence-corrected chi connectivity index (χ1v) is 7.25. The number of carbonyl (C=O) groups is 1. The molecule has 0 atom stereocenters. The van der Waals surface area contributed by atoms with Crippen molar-refractivity contribution in [2.24, 2.45) is 0 Å². The summed E-state index contributed by atoms with van der Waals surface area (Å²) in [7, 11) is 0. The van der Waals surface area contributed by atoms with E-state index in [-0.39, 0.29) is 18.2 Å². The maximum atomic E-state index is 10.9. The van der Waals surface area contributed by atoms with Crippen molar-refractivity contribution in [3.8, 4) is 5.75 Å². The highest BCUT2D eigenvalue weighted by Crippen LogP contribution is 2.13. The van der Waals surface area contributed by atoms with Gasteiger partial charge in [0, 0.05) is 26.1 Å². The summed E-state index contributed by atoms with van der Waals surface area (Å²) in [5.74, 6) is 1.13. The number of aryl methyl sites for hydroxylation is 1. The van der Waals surface area contributed by atoms with E-state index in [1.807, 2.05) is 24.3 Å². The molecule has 1 fully saturated rings. The van der Waals surface area contributed by atoms with E-state index in [1.165, 1.54) is 5.56 Å². The Hall–Kier alpha value is -1.10. The number of ether oxygens (including phenoxy) is 2. The third-order valence-corrected chi connectivity index (χ3v) is 3.47. The number of Topliss-reactive ketones (excluding diaryl/α,β-unsaturated/α-hetero) is 1. The van der Waals surface area contributed by atoms with Crippen LogP contribution in [0.25, 0.3) is 0 Å². The Morgan fingerprint density at radius 2 is 1.90 bits per heavy atom. The van der Waals surface area contributed by atoms with Crippen LogP contribution in [0.5, 0.6) is 5.75 Å². The van der Waals surface area contributed by atoms with E-state index in [4.69, 9.17) is 9.47 Å². The molecule has 21 heavy (non-hydrogen) atoms. The van der Waals surface area contributed by atoms with E-state index >= 15 is 0 Å². The quantitative estimate of drug-likeness (QED) is 0.774. The highest BCUT2D eigenvalue weighted by atomic mass is 35.5. The summed E-state index contributed by atoms with van der Waals surface area (Å²) in [6, 6.07) is 8.03. The van der Waals surface area contributed by atoms with Crippen LogP contribution in [0.1, 0.15) is 18.9 Å². The van der Waals surface area contributed by atoms with Crippen LogP contribution in [0.3, 0.4) is 0 Å². The van der Waals surface area contributed by atoms with Crippen LogP contribution >= 0.6 is 12.4 Å². The topological polar surface area (TPSA) is 38.8 Å². The molecule has 118 valence electrons. The van der Waals surface area contributed by atoms with Gasteiger partial charge in [0.25, 0.3) is 0 Å². The monoisotopic (exact) mass is 313 g/mol. The van der Waals surface area contributed by atoms with E-state index in [0.717, 1.165) is 45.0 Å². The SMILES string of the molecule is CC(=O)CCc1ccc(OCCN2CCOCC2)cc1.Cl. The van der Waals surface area contributed by atoms with Crippen LogP contribution < -0.4 is 4.74 Å². The van der Waals surface area contributed by atoms with Gasteiger partial charge < -0.3 is 14.3 Å². The van der Waals surface area contributed by atoms with E-state index in [2.05, 4.69) is 4.90 Å². The van der Waals surface area contributed by atoms with Crippen LogP contribution in [-0.2, 0) is 16.0 Å². The average molecular weight is 314 g/mol. The second kappa shape index (κ2) is 9.77. The third kappa shape index (κ3) is 6.93. The Labute approximate surface area is 132 Å². The molecular weight excluding hydrogens is 290 g/mol. The van der Waals surface area contributed by atoms with E-state index in [9.17, 15) is 4.79 Å². The van der Waals surface area contributed by atoms with E-state index in [1.54, 1.807) is 6.92 Å². The molecule has 0 radical (unpaired) electrons. The number of ketones is 1. The molecule has 0 spiro atoms. The van der Waals surface area contributed by atoms with Gasteiger partial charge in [0.15, 0.2) is 0 Å². The van der Waals surface area contributed by atoms with Gasteiger partial charge >= 0.3 is 0 Å². The first kappa shape index (κ1) is 18.0. The lowest BCUT2D eigenvalue weighted by atomic mass is 10.1. The summed E-state index contributed by atoms with van der Waals surface area (Å²) in [6.07, 6.45) is 1.42. The molecule has 1 aromatic carbocycles. The first-order valence-electron chi connectivity index (χ1n) is 7.25. The molecule has 0 saturated carbocycles. The fourth-order valence-corrected chi connectivity index (χ4v) is 2.19. The zero-order chi connectivity index (χ0) is 14.2. The lowest BCUT2D eigenvalue weighted by Crippen LogP contribution is -2.38. The Morgan fingerprint density at radius 3 is 2.52 bits per heavy atom. The lowest BCUT2D eigenvalue weighted by Gasteiger charge is -2.26. The van der Waals surface area contributed by atoms with E-state index in [0.29, 0.717) is 13.0 Å². The molecule has 1 aliphatic heterocycles. The largest absolute Gasteiger partial charge is 0.492 e. The van der Waals surface area contributed by atoms with Gasteiger partial charge in [0.1, 0.15) is 18.1 Å². The number of hydrogen-bond donors (Lipinski definition) is 0. The molecule has 0 N–H and O–H groups in total. The Balaban J connectivity index is 0.00000220. The molecule has 0 aromatic heterocycles. The van der Waals surface area contributed by atoms with Crippen LogP contribution in [0.2, 0.25) is 0 Å². The normalized spacial score (nSPS) is 15.3. The maximum Gasteiger partial charge on any atom is 0.130 e. The zero-order valence-electron chi connectivity index (χ0n) is 12.5. The van der Waals surface area contributed by atoms with Crippen molar-refractivity contribution in [3.63, 3.8) is 0 Å². The molecule has 0 bridgehead atoms. The number of hydrogen-bond acceptors (Lipinski definition) is 4. The van der Waals surface area contributed by atoms with E-state index < -0.39 is 0 Å². The fraction of sp³-hybridized carbons (Fsp3) is 0.562. The molecule has 0 amide bonds. The molecule has 0 aliphatic carbocycles. The smallest absolute Gasteiger partial charge is 0.130 e. The molecule has 1 aromatic rings. The second-order valence-corrected chi connectivity index (χ2v) is 5.15. The third-order valence-electron chi connectivity index (χ3n) is 3.47. The number of rotatable bonds is 7. The van der Waals surface area contributed by atoms with Crippen LogP contribution in [0.15, 0.2) is 24.3 Å². The highest BCUT2D eigenvalue weighted by molar-refractivity contribution is 5.85. The molecule has 0 unspecified atom stereocenters. The molecule has 1 heterocycles. The number of carbonyl (C=O) groups excluding carboxylic acids is 1. The minimum atomic E-state index is 0. The minimum absolute atomic E-state index is 0. The standard InChI is InChI=1S/C16H23NO3.ClH/c1-14(18)2-3-15-4-6-16(7-5-15)20-13-10-17-8-11-19-12-9-17;/h4-7H,2-3,8-13H2,1H3;1H. The summed E-state index contributed by atoms with van der Waals surface area (Å²) in [4.78, 5) is 13.3. The molecule has 4 nitrogen and oxygen atoms in total. The summed E-state index contributed by atoms with van der Waals surface area (Å²) in [6.45, 7) is 6.90. The molecular formula is C16H24ClNO3. The van der Waals surface area contributed by atoms with Crippen LogP contribution in [0, 0.1) is 0 Å². The van der Waals surface area contributed by atoms with Crippen molar-refractivity contribution in [1.29, 1.82) is 0 Å². The van der Waals surface area contributed by atoms with Gasteiger partial charge in [0.2, 0.25) is 0 Å². The molecule has 5 heteroatoms. The summed E-state index contributed by atoms with van der Waals surface area (Å²) >= 11 is 0. The van der Waals surface area contributed by atoms with Gasteiger partial charge in [-0.2, -0.15) is 0 Å². The Kier molecular flexibility index (Phi) is 8.35. The minimum Gasteiger partial charge on any atom is -0.492 e. The van der Waals surface area contributed by atoms with Gasteiger partial charge in [0.05, 0.1) is 13.2 Å². The maximum absolute atomic E-state index is 10.9. The predicted molar refractivity (Wildman–Crippen MR) is 85.4 cm³/mol. The molecule has 2 rings (SSSR count). The second-order valence-electron chi connectivity index (χ2n) is 5.15.